The van der Waals surface area contributed by atoms with Crippen LogP contribution >= 0.6 is 0 Å². The Bertz CT molecular complexity index is 2580. The first-order chi connectivity index (χ1) is 27.5. The van der Waals surface area contributed by atoms with Crippen molar-refractivity contribution in [1.29, 1.82) is 0 Å². The van der Waals surface area contributed by atoms with Crippen molar-refractivity contribution in [2.45, 2.75) is 47.0 Å². The second-order valence-corrected chi connectivity index (χ2v) is 19.8. The molecule has 7 aliphatic carbocycles. The number of hydrogen-bond acceptors (Lipinski definition) is 0. The molecule has 4 aromatic rings. The van der Waals surface area contributed by atoms with E-state index in [2.05, 4.69) is 212 Å². The SMILES string of the molecule is CC1(C)c2ccccc2-c2ccc(-c3ccc(-c4ccccc4)cc3C3=CC4C(C=C3)C3C=CC(C5=CC6C(C=C5)C5C=CC=CC5C6(C)C)=CC3C4(C)C)cc21. The Balaban J connectivity index is 0.961. The van der Waals surface area contributed by atoms with Crippen LogP contribution in [-0.4, -0.2) is 0 Å². The van der Waals surface area contributed by atoms with Gasteiger partial charge in [0.15, 0.2) is 0 Å². The monoisotopic (exact) mass is 738 g/mol. The Hall–Kier alpha value is -5.20. The highest BCUT2D eigenvalue weighted by atomic mass is 14.6. The summed E-state index contributed by atoms with van der Waals surface area (Å²) in [5.74, 6) is 4.23. The zero-order chi connectivity index (χ0) is 38.8. The molecule has 0 amide bonds. The first-order valence-corrected chi connectivity index (χ1v) is 21.5. The first-order valence-electron chi connectivity index (χ1n) is 21.5. The summed E-state index contributed by atoms with van der Waals surface area (Å²) < 4.78 is 0. The second kappa shape index (κ2) is 12.4. The third-order valence-electron chi connectivity index (χ3n) is 16.0. The molecular formula is C57H54. The van der Waals surface area contributed by atoms with Crippen LogP contribution in [-0.2, 0) is 5.41 Å². The van der Waals surface area contributed by atoms with Gasteiger partial charge in [0.05, 0.1) is 0 Å². The topological polar surface area (TPSA) is 0 Å². The zero-order valence-electron chi connectivity index (χ0n) is 34.3. The smallest absolute Gasteiger partial charge is 0.0159 e. The normalized spacial score (nSPS) is 31.0. The first kappa shape index (κ1) is 35.0. The van der Waals surface area contributed by atoms with Crippen molar-refractivity contribution >= 4 is 5.57 Å². The van der Waals surface area contributed by atoms with Crippen LogP contribution in [0.15, 0.2) is 181 Å². The molecule has 57 heavy (non-hydrogen) atoms. The van der Waals surface area contributed by atoms with Gasteiger partial charge in [-0.05, 0) is 137 Å². The number of benzene rings is 4. The van der Waals surface area contributed by atoms with E-state index in [9.17, 15) is 0 Å². The van der Waals surface area contributed by atoms with Crippen molar-refractivity contribution in [3.63, 3.8) is 0 Å². The Labute approximate surface area is 340 Å². The predicted molar refractivity (Wildman–Crippen MR) is 240 cm³/mol. The van der Waals surface area contributed by atoms with Crippen LogP contribution < -0.4 is 0 Å². The van der Waals surface area contributed by atoms with Crippen LogP contribution in [0.4, 0.5) is 0 Å². The lowest BCUT2D eigenvalue weighted by Crippen LogP contribution is -2.27. The van der Waals surface area contributed by atoms with Crippen molar-refractivity contribution in [3.8, 4) is 33.4 Å². The predicted octanol–water partition coefficient (Wildman–Crippen LogP) is 14.4. The number of hydrogen-bond donors (Lipinski definition) is 0. The minimum absolute atomic E-state index is 0.0427. The number of rotatable bonds is 4. The molecule has 0 spiro atoms. The van der Waals surface area contributed by atoms with E-state index in [-0.39, 0.29) is 16.2 Å². The van der Waals surface area contributed by atoms with Crippen LogP contribution in [0.5, 0.6) is 0 Å². The summed E-state index contributed by atoms with van der Waals surface area (Å²) in [6, 6.07) is 34.3. The largest absolute Gasteiger partial charge is 0.0803 e. The molecule has 2 saturated carbocycles. The standard InChI is InChI=1S/C57H54/c1-55(2)49-18-12-10-16-42(49)44-26-21-37(31-51(44)55)38-22-27-46-47-29-24-40(34-54(47)57(5,6)52(46)32-38)48-30-36(35-14-8-7-9-15-35)20-25-41(48)39-23-28-45-43-17-11-13-19-50(43)56(3,4)53(45)33-39/h7-34,42,44,46-47,49,51-52,54H,1-6H3. The molecular weight excluding hydrogens is 685 g/mol. The van der Waals surface area contributed by atoms with Gasteiger partial charge >= 0.3 is 0 Å². The molecule has 0 bridgehead atoms. The van der Waals surface area contributed by atoms with Gasteiger partial charge in [-0.2, -0.15) is 0 Å². The average molecular weight is 739 g/mol. The molecule has 0 saturated heterocycles. The van der Waals surface area contributed by atoms with Crippen molar-refractivity contribution < 1.29 is 0 Å². The van der Waals surface area contributed by atoms with E-state index in [0.29, 0.717) is 47.3 Å². The molecule has 8 atom stereocenters. The van der Waals surface area contributed by atoms with E-state index >= 15 is 0 Å². The maximum absolute atomic E-state index is 2.67. The molecule has 0 aromatic heterocycles. The van der Waals surface area contributed by atoms with Crippen LogP contribution in [0.3, 0.4) is 0 Å². The van der Waals surface area contributed by atoms with Gasteiger partial charge in [0, 0.05) is 5.41 Å². The van der Waals surface area contributed by atoms with Gasteiger partial charge in [-0.25, -0.2) is 0 Å². The van der Waals surface area contributed by atoms with Crippen molar-refractivity contribution in [1.82, 2.24) is 0 Å². The fourth-order valence-electron chi connectivity index (χ4n) is 12.8. The Kier molecular flexibility index (Phi) is 7.61. The third kappa shape index (κ3) is 5.11. The summed E-state index contributed by atoms with van der Waals surface area (Å²) in [5.41, 5.74) is 16.5. The van der Waals surface area contributed by atoms with E-state index in [4.69, 9.17) is 0 Å². The Morgan fingerprint density at radius 2 is 0.895 bits per heavy atom. The fourth-order valence-corrected chi connectivity index (χ4v) is 12.8. The molecule has 0 heteroatoms. The van der Waals surface area contributed by atoms with E-state index in [1.807, 2.05) is 0 Å². The third-order valence-corrected chi connectivity index (χ3v) is 16.0. The molecule has 0 heterocycles. The highest BCUT2D eigenvalue weighted by molar-refractivity contribution is 5.91. The quantitative estimate of drug-likeness (QED) is 0.196. The second-order valence-electron chi connectivity index (χ2n) is 19.8. The zero-order valence-corrected chi connectivity index (χ0v) is 34.3. The molecule has 4 aromatic carbocycles. The van der Waals surface area contributed by atoms with Crippen molar-refractivity contribution in [2.24, 2.45) is 58.2 Å². The number of fused-ring (bicyclic) bond motifs is 9. The summed E-state index contributed by atoms with van der Waals surface area (Å²) in [6.45, 7) is 14.9. The van der Waals surface area contributed by atoms with E-state index < -0.39 is 0 Å². The molecule has 0 nitrogen and oxygen atoms in total. The molecule has 0 N–H and O–H groups in total. The summed E-state index contributed by atoms with van der Waals surface area (Å²) in [5, 5.41) is 0. The van der Waals surface area contributed by atoms with E-state index in [1.54, 1.807) is 0 Å². The van der Waals surface area contributed by atoms with Crippen LogP contribution in [0.1, 0.15) is 58.2 Å². The van der Waals surface area contributed by atoms with Gasteiger partial charge in [0.1, 0.15) is 0 Å². The van der Waals surface area contributed by atoms with Gasteiger partial charge in [0.2, 0.25) is 0 Å². The summed E-state index contributed by atoms with van der Waals surface area (Å²) in [7, 11) is 0. The van der Waals surface area contributed by atoms with Gasteiger partial charge in [-0.1, -0.05) is 199 Å². The lowest BCUT2D eigenvalue weighted by molar-refractivity contribution is 0.236. The van der Waals surface area contributed by atoms with Gasteiger partial charge in [0.25, 0.3) is 0 Å². The van der Waals surface area contributed by atoms with Crippen LogP contribution in [0.2, 0.25) is 0 Å². The average Bonchev–Trinajstić information content (AvgIpc) is 3.72. The minimum atomic E-state index is -0.0427. The summed E-state index contributed by atoms with van der Waals surface area (Å²) in [4.78, 5) is 0. The molecule has 8 unspecified atom stereocenters. The molecule has 282 valence electrons. The minimum Gasteiger partial charge on any atom is -0.0803 e. The van der Waals surface area contributed by atoms with Crippen molar-refractivity contribution in [3.05, 3.63) is 198 Å². The Morgan fingerprint density at radius 1 is 0.368 bits per heavy atom. The summed E-state index contributed by atoms with van der Waals surface area (Å²) >= 11 is 0. The highest BCUT2D eigenvalue weighted by Crippen LogP contribution is 2.62. The molecule has 11 rings (SSSR count). The molecule has 0 radical (unpaired) electrons. The van der Waals surface area contributed by atoms with E-state index in [1.165, 1.54) is 66.8 Å². The van der Waals surface area contributed by atoms with Crippen LogP contribution in [0.25, 0.3) is 39.0 Å². The van der Waals surface area contributed by atoms with E-state index in [0.717, 1.165) is 0 Å². The van der Waals surface area contributed by atoms with Gasteiger partial charge in [-0.3, -0.25) is 0 Å². The van der Waals surface area contributed by atoms with Crippen molar-refractivity contribution in [2.75, 3.05) is 0 Å². The fraction of sp³-hybridized carbons (Fsp3) is 0.298. The molecule has 2 fully saturated rings. The maximum Gasteiger partial charge on any atom is 0.0159 e. The van der Waals surface area contributed by atoms with Gasteiger partial charge < -0.3 is 0 Å². The van der Waals surface area contributed by atoms with Gasteiger partial charge in [-0.15, -0.1) is 0 Å². The molecule has 0 aliphatic heterocycles. The number of allylic oxidation sites excluding steroid dienone is 16. The Morgan fingerprint density at radius 3 is 1.60 bits per heavy atom. The lowest BCUT2D eigenvalue weighted by atomic mass is 9.69. The molecule has 7 aliphatic rings. The maximum atomic E-state index is 2.67. The summed E-state index contributed by atoms with van der Waals surface area (Å²) in [6.07, 6.45) is 32.5. The lowest BCUT2D eigenvalue weighted by Gasteiger charge is -2.35. The van der Waals surface area contributed by atoms with Crippen LogP contribution in [0, 0.1) is 58.2 Å². The highest BCUT2D eigenvalue weighted by Gasteiger charge is 2.55.